The molecule has 2 heterocycles. The summed E-state index contributed by atoms with van der Waals surface area (Å²) >= 11 is 4.68. The molecule has 2 amide bonds. The van der Waals surface area contributed by atoms with Gasteiger partial charge in [0.2, 0.25) is 0 Å². The number of primary amides is 1. The van der Waals surface area contributed by atoms with Gasteiger partial charge < -0.3 is 15.8 Å². The van der Waals surface area contributed by atoms with Crippen molar-refractivity contribution < 1.29 is 19.1 Å². The van der Waals surface area contributed by atoms with Crippen LogP contribution in [0.4, 0.5) is 5.00 Å². The molecule has 5 rings (SSSR count). The van der Waals surface area contributed by atoms with E-state index in [0.29, 0.717) is 16.1 Å². The van der Waals surface area contributed by atoms with Crippen LogP contribution in [0.15, 0.2) is 52.9 Å². The summed E-state index contributed by atoms with van der Waals surface area (Å²) in [7, 11) is 0. The Morgan fingerprint density at radius 1 is 1.03 bits per heavy atom. The smallest absolute Gasteiger partial charge is 0.338 e. The molecule has 10 heteroatoms. The highest BCUT2D eigenvalue weighted by atomic mass is 32.2. The van der Waals surface area contributed by atoms with Gasteiger partial charge in [0.05, 0.1) is 21.3 Å². The third-order valence-corrected chi connectivity index (χ3v) is 9.29. The minimum absolute atomic E-state index is 0.362. The van der Waals surface area contributed by atoms with E-state index in [1.54, 1.807) is 35.2 Å². The molecule has 1 aliphatic carbocycles. The zero-order chi connectivity index (χ0) is 25.1. The molecule has 0 fully saturated rings. The number of para-hydroxylation sites is 1. The zero-order valence-corrected chi connectivity index (χ0v) is 21.7. The van der Waals surface area contributed by atoms with Gasteiger partial charge in [-0.1, -0.05) is 36.0 Å². The van der Waals surface area contributed by atoms with Gasteiger partial charge in [0.1, 0.15) is 5.00 Å². The Labute approximate surface area is 220 Å². The summed E-state index contributed by atoms with van der Waals surface area (Å²) in [5.74, 6) is -0.919. The van der Waals surface area contributed by atoms with Gasteiger partial charge in [0.15, 0.2) is 10.9 Å². The fourth-order valence-corrected chi connectivity index (χ4v) is 7.42. The Balaban J connectivity index is 1.14. The number of aryl methyl sites for hydroxylation is 1. The van der Waals surface area contributed by atoms with Crippen LogP contribution >= 0.6 is 34.4 Å². The molecule has 36 heavy (non-hydrogen) atoms. The number of anilines is 1. The molecule has 0 bridgehead atoms. The summed E-state index contributed by atoms with van der Waals surface area (Å²) in [6.45, 7) is -0.450. The van der Waals surface area contributed by atoms with E-state index in [4.69, 9.17) is 10.5 Å². The van der Waals surface area contributed by atoms with E-state index in [1.165, 1.54) is 11.3 Å². The van der Waals surface area contributed by atoms with Crippen LogP contribution in [0.1, 0.15) is 49.6 Å². The van der Waals surface area contributed by atoms with E-state index in [0.717, 1.165) is 62.0 Å². The molecular formula is C26H23N3O4S3. The first-order chi connectivity index (χ1) is 17.5. The highest BCUT2D eigenvalue weighted by molar-refractivity contribution is 8.00. The Kier molecular flexibility index (Phi) is 7.35. The molecule has 1 aliphatic rings. The maximum Gasteiger partial charge on any atom is 0.338 e. The molecule has 0 saturated carbocycles. The second-order valence-corrected chi connectivity index (χ2v) is 11.7. The van der Waals surface area contributed by atoms with Crippen LogP contribution in [-0.2, 0) is 28.1 Å². The third kappa shape index (κ3) is 5.45. The second-order valence-electron chi connectivity index (χ2n) is 8.34. The van der Waals surface area contributed by atoms with Gasteiger partial charge >= 0.3 is 5.97 Å². The van der Waals surface area contributed by atoms with E-state index in [-0.39, 0.29) is 0 Å². The summed E-state index contributed by atoms with van der Waals surface area (Å²) in [6.07, 6.45) is 3.70. The molecule has 0 spiro atoms. The number of thiophene rings is 1. The SMILES string of the molecule is NC(=O)c1c(NC(=O)COC(=O)c2ccc(CSc3nc4ccccc4s3)cc2)sc2c1CCCC2. The lowest BCUT2D eigenvalue weighted by atomic mass is 9.95. The van der Waals surface area contributed by atoms with Gasteiger partial charge in [-0.25, -0.2) is 9.78 Å². The van der Waals surface area contributed by atoms with Crippen LogP contribution in [0.25, 0.3) is 10.2 Å². The summed E-state index contributed by atoms with van der Waals surface area (Å²) < 4.78 is 7.35. The molecular weight excluding hydrogens is 515 g/mol. The molecule has 2 aromatic heterocycles. The number of nitrogens with zero attached hydrogens (tertiary/aromatic N) is 1. The number of thiazole rings is 1. The van der Waals surface area contributed by atoms with Crippen molar-refractivity contribution in [2.24, 2.45) is 5.73 Å². The van der Waals surface area contributed by atoms with Crippen molar-refractivity contribution in [3.63, 3.8) is 0 Å². The van der Waals surface area contributed by atoms with Gasteiger partial charge in [-0.05, 0) is 61.1 Å². The van der Waals surface area contributed by atoms with Gasteiger partial charge in [-0.15, -0.1) is 22.7 Å². The molecule has 0 aliphatic heterocycles. The predicted molar refractivity (Wildman–Crippen MR) is 144 cm³/mol. The van der Waals surface area contributed by atoms with Crippen molar-refractivity contribution >= 4 is 67.4 Å². The molecule has 2 aromatic carbocycles. The lowest BCUT2D eigenvalue weighted by molar-refractivity contribution is -0.119. The van der Waals surface area contributed by atoms with Crippen LogP contribution in [0.3, 0.4) is 0 Å². The number of thioether (sulfide) groups is 1. The number of benzene rings is 2. The molecule has 7 nitrogen and oxygen atoms in total. The Morgan fingerprint density at radius 3 is 2.58 bits per heavy atom. The van der Waals surface area contributed by atoms with Crippen molar-refractivity contribution in [1.82, 2.24) is 4.98 Å². The number of carbonyl (C=O) groups excluding carboxylic acids is 3. The number of hydrogen-bond donors (Lipinski definition) is 2. The fraction of sp³-hybridized carbons (Fsp3) is 0.231. The fourth-order valence-electron chi connectivity index (χ4n) is 4.09. The molecule has 0 radical (unpaired) electrons. The van der Waals surface area contributed by atoms with Crippen molar-refractivity contribution in [2.75, 3.05) is 11.9 Å². The van der Waals surface area contributed by atoms with Gasteiger partial charge in [0, 0.05) is 10.6 Å². The topological polar surface area (TPSA) is 111 Å². The third-order valence-electron chi connectivity index (χ3n) is 5.83. The Morgan fingerprint density at radius 2 is 1.81 bits per heavy atom. The van der Waals surface area contributed by atoms with E-state index in [9.17, 15) is 14.4 Å². The maximum atomic E-state index is 12.4. The van der Waals surface area contributed by atoms with Crippen molar-refractivity contribution in [3.8, 4) is 0 Å². The largest absolute Gasteiger partial charge is 0.452 e. The Hall–Kier alpha value is -3.21. The van der Waals surface area contributed by atoms with Gasteiger partial charge in [0.25, 0.3) is 11.8 Å². The Bertz CT molecular complexity index is 1410. The number of nitrogens with one attached hydrogen (secondary N) is 1. The van der Waals surface area contributed by atoms with Crippen molar-refractivity contribution in [3.05, 3.63) is 75.7 Å². The number of ether oxygens (including phenoxy) is 1. The quantitative estimate of drug-likeness (QED) is 0.229. The molecule has 4 aromatic rings. The number of hydrogen-bond acceptors (Lipinski definition) is 8. The monoisotopic (exact) mass is 537 g/mol. The first kappa shape index (κ1) is 24.5. The van der Waals surface area contributed by atoms with Crippen molar-refractivity contribution in [1.29, 1.82) is 0 Å². The standard InChI is InChI=1S/C26H23N3O4S3/c27-23(31)22-17-5-1-3-7-19(17)35-24(22)29-21(30)13-33-25(32)16-11-9-15(10-12-16)14-34-26-28-18-6-2-4-8-20(18)36-26/h2,4,6,8-12H,1,3,5,7,13-14H2,(H2,27,31)(H,29,30). The number of fused-ring (bicyclic) bond motifs is 2. The molecule has 184 valence electrons. The summed E-state index contributed by atoms with van der Waals surface area (Å²) in [4.78, 5) is 42.6. The van der Waals surface area contributed by atoms with E-state index >= 15 is 0 Å². The predicted octanol–water partition coefficient (Wildman–Crippen LogP) is 5.42. The van der Waals surface area contributed by atoms with Crippen LogP contribution in [0.2, 0.25) is 0 Å². The van der Waals surface area contributed by atoms with E-state index < -0.39 is 24.4 Å². The molecule has 3 N–H and O–H groups in total. The minimum Gasteiger partial charge on any atom is -0.452 e. The molecule has 0 unspecified atom stereocenters. The lowest BCUT2D eigenvalue weighted by Gasteiger charge is -2.11. The normalized spacial score (nSPS) is 12.8. The summed E-state index contributed by atoms with van der Waals surface area (Å²) in [5, 5.41) is 3.14. The highest BCUT2D eigenvalue weighted by Crippen LogP contribution is 2.38. The number of esters is 1. The minimum atomic E-state index is -0.587. The summed E-state index contributed by atoms with van der Waals surface area (Å²) in [6, 6.07) is 15.1. The maximum absolute atomic E-state index is 12.4. The second kappa shape index (κ2) is 10.8. The van der Waals surface area contributed by atoms with E-state index in [1.807, 2.05) is 30.3 Å². The first-order valence-electron chi connectivity index (χ1n) is 11.5. The van der Waals surface area contributed by atoms with Crippen LogP contribution < -0.4 is 11.1 Å². The van der Waals surface area contributed by atoms with Crippen molar-refractivity contribution in [2.45, 2.75) is 35.8 Å². The zero-order valence-electron chi connectivity index (χ0n) is 19.2. The molecule has 0 saturated heterocycles. The number of amides is 2. The number of carbonyl (C=O) groups is 3. The summed E-state index contributed by atoms with van der Waals surface area (Å²) in [5.41, 5.74) is 9.30. The highest BCUT2D eigenvalue weighted by Gasteiger charge is 2.25. The number of nitrogens with two attached hydrogens (primary N) is 1. The van der Waals surface area contributed by atoms with Gasteiger partial charge in [-0.3, -0.25) is 9.59 Å². The van der Waals surface area contributed by atoms with Crippen LogP contribution in [0.5, 0.6) is 0 Å². The van der Waals surface area contributed by atoms with Crippen LogP contribution in [0, 0.1) is 0 Å². The number of aromatic nitrogens is 1. The number of rotatable bonds is 8. The molecule has 0 atom stereocenters. The van der Waals surface area contributed by atoms with Gasteiger partial charge in [-0.2, -0.15) is 0 Å². The average molecular weight is 538 g/mol. The lowest BCUT2D eigenvalue weighted by Crippen LogP contribution is -2.23. The van der Waals surface area contributed by atoms with E-state index in [2.05, 4.69) is 16.4 Å². The average Bonchev–Trinajstić information content (AvgIpc) is 3.47. The first-order valence-corrected chi connectivity index (χ1v) is 14.1. The van der Waals surface area contributed by atoms with Crippen LogP contribution in [-0.4, -0.2) is 29.4 Å².